The fourth-order valence-corrected chi connectivity index (χ4v) is 4.70. The maximum atomic E-state index is 14.7. The van der Waals surface area contributed by atoms with Gasteiger partial charge in [-0.05, 0) is 30.3 Å². The molecular formula is C27H22ClFN4O2. The highest BCUT2D eigenvalue weighted by Gasteiger charge is 2.25. The van der Waals surface area contributed by atoms with Crippen molar-refractivity contribution in [3.63, 3.8) is 0 Å². The number of halogens is 2. The largest absolute Gasteiger partial charge is 0.507 e. The minimum absolute atomic E-state index is 0.0355. The van der Waals surface area contributed by atoms with Gasteiger partial charge >= 0.3 is 0 Å². The molecule has 0 aliphatic carbocycles. The van der Waals surface area contributed by atoms with E-state index in [0.29, 0.717) is 43.3 Å². The second kappa shape index (κ2) is 9.35. The zero-order chi connectivity index (χ0) is 24.5. The summed E-state index contributed by atoms with van der Waals surface area (Å²) in [5.74, 6) is -0.232. The van der Waals surface area contributed by atoms with Crippen LogP contribution in [-0.4, -0.2) is 52.3 Å². The number of anilines is 1. The lowest BCUT2D eigenvalue weighted by molar-refractivity contribution is -0.126. The number of aromatic nitrogens is 2. The molecule has 1 N–H and O–H groups in total. The quantitative estimate of drug-likeness (QED) is 0.395. The average Bonchev–Trinajstić information content (AvgIpc) is 2.88. The Morgan fingerprint density at radius 1 is 1.00 bits per heavy atom. The number of carbonyl (C=O) groups excluding carboxylic acids is 1. The number of rotatable bonds is 4. The fraction of sp³-hybridized carbons (Fsp3) is 0.148. The standard InChI is InChI=1S/C27H22ClFN4O2/c1-2-24(35)32-11-13-33(14-12-32)27-19-16-21(28)20(25-22(29)9-6-10-23(25)34)15-18(19)26(30-31-27)17-7-4-3-5-8-17/h2-10,15-16,34H,1,11-14H2. The first-order valence-corrected chi connectivity index (χ1v) is 11.5. The van der Waals surface area contributed by atoms with Crippen LogP contribution < -0.4 is 4.90 Å². The number of carbonyl (C=O) groups is 1. The van der Waals surface area contributed by atoms with Gasteiger partial charge in [0.1, 0.15) is 17.3 Å². The zero-order valence-electron chi connectivity index (χ0n) is 18.8. The SMILES string of the molecule is C=CC(=O)N1CCN(c2nnc(-c3ccccc3)c3cc(-c4c(O)cccc4F)c(Cl)cc23)CC1. The summed E-state index contributed by atoms with van der Waals surface area (Å²) in [6.07, 6.45) is 1.32. The van der Waals surface area contributed by atoms with E-state index in [1.807, 2.05) is 30.3 Å². The van der Waals surface area contributed by atoms with Gasteiger partial charge in [-0.3, -0.25) is 4.79 Å². The van der Waals surface area contributed by atoms with E-state index in [2.05, 4.69) is 21.7 Å². The number of fused-ring (bicyclic) bond motifs is 1. The summed E-state index contributed by atoms with van der Waals surface area (Å²) in [5.41, 5.74) is 1.88. The van der Waals surface area contributed by atoms with Gasteiger partial charge in [-0.25, -0.2) is 4.39 Å². The van der Waals surface area contributed by atoms with Gasteiger partial charge in [0, 0.05) is 53.1 Å². The highest BCUT2D eigenvalue weighted by Crippen LogP contribution is 2.42. The van der Waals surface area contributed by atoms with E-state index in [-0.39, 0.29) is 22.2 Å². The Hall–Kier alpha value is -3.97. The van der Waals surface area contributed by atoms with Gasteiger partial charge < -0.3 is 14.9 Å². The molecule has 1 aromatic heterocycles. The molecule has 1 fully saturated rings. The molecule has 5 rings (SSSR count). The smallest absolute Gasteiger partial charge is 0.246 e. The van der Waals surface area contributed by atoms with Crippen LogP contribution in [0.25, 0.3) is 33.2 Å². The molecule has 2 heterocycles. The van der Waals surface area contributed by atoms with E-state index in [1.165, 1.54) is 24.3 Å². The van der Waals surface area contributed by atoms with Crippen LogP contribution in [0.3, 0.4) is 0 Å². The summed E-state index contributed by atoms with van der Waals surface area (Å²) in [4.78, 5) is 15.8. The Labute approximate surface area is 206 Å². The van der Waals surface area contributed by atoms with Crippen molar-refractivity contribution in [2.45, 2.75) is 0 Å². The number of hydrogen-bond acceptors (Lipinski definition) is 5. The Bertz CT molecular complexity index is 1420. The predicted octanol–water partition coefficient (Wildman–Crippen LogP) is 5.30. The number of piperazine rings is 1. The first-order valence-electron chi connectivity index (χ1n) is 11.2. The van der Waals surface area contributed by atoms with Crippen molar-refractivity contribution >= 4 is 34.1 Å². The van der Waals surface area contributed by atoms with Crippen molar-refractivity contribution in [3.05, 3.63) is 84.2 Å². The number of amides is 1. The maximum Gasteiger partial charge on any atom is 0.246 e. The molecule has 1 aliphatic rings. The molecule has 6 nitrogen and oxygen atoms in total. The maximum absolute atomic E-state index is 14.7. The van der Waals surface area contributed by atoms with Crippen LogP contribution in [-0.2, 0) is 4.79 Å². The third-order valence-corrected chi connectivity index (χ3v) is 6.53. The van der Waals surface area contributed by atoms with E-state index in [1.54, 1.807) is 17.0 Å². The van der Waals surface area contributed by atoms with Crippen LogP contribution >= 0.6 is 11.6 Å². The van der Waals surface area contributed by atoms with Crippen molar-refractivity contribution in [1.82, 2.24) is 15.1 Å². The van der Waals surface area contributed by atoms with E-state index in [0.717, 1.165) is 16.3 Å². The monoisotopic (exact) mass is 488 g/mol. The Balaban J connectivity index is 1.68. The number of aromatic hydroxyl groups is 1. The normalized spacial score (nSPS) is 13.8. The van der Waals surface area contributed by atoms with Crippen molar-refractivity contribution in [1.29, 1.82) is 0 Å². The molecule has 1 saturated heterocycles. The van der Waals surface area contributed by atoms with Gasteiger partial charge in [0.25, 0.3) is 0 Å². The van der Waals surface area contributed by atoms with Crippen LogP contribution in [0.4, 0.5) is 10.2 Å². The van der Waals surface area contributed by atoms with Gasteiger partial charge in [0.05, 0.1) is 5.56 Å². The third-order valence-electron chi connectivity index (χ3n) is 6.22. The third kappa shape index (κ3) is 4.19. The van der Waals surface area contributed by atoms with Gasteiger partial charge in [0.15, 0.2) is 5.82 Å². The molecule has 176 valence electrons. The summed E-state index contributed by atoms with van der Waals surface area (Å²) in [7, 11) is 0. The predicted molar refractivity (Wildman–Crippen MR) is 136 cm³/mol. The summed E-state index contributed by atoms with van der Waals surface area (Å²) in [6, 6.07) is 17.2. The summed E-state index contributed by atoms with van der Waals surface area (Å²) in [6.45, 7) is 5.77. The van der Waals surface area contributed by atoms with Crippen molar-refractivity contribution in [3.8, 4) is 28.1 Å². The highest BCUT2D eigenvalue weighted by molar-refractivity contribution is 6.34. The van der Waals surface area contributed by atoms with Crippen molar-refractivity contribution in [2.75, 3.05) is 31.1 Å². The van der Waals surface area contributed by atoms with E-state index < -0.39 is 5.82 Å². The Morgan fingerprint density at radius 3 is 2.43 bits per heavy atom. The van der Waals surface area contributed by atoms with Crippen LogP contribution in [0.15, 0.2) is 73.3 Å². The number of hydrogen-bond donors (Lipinski definition) is 1. The molecule has 1 aliphatic heterocycles. The lowest BCUT2D eigenvalue weighted by atomic mass is 9.97. The number of benzene rings is 3. The molecule has 8 heteroatoms. The molecule has 4 aromatic rings. The van der Waals surface area contributed by atoms with Crippen molar-refractivity contribution < 1.29 is 14.3 Å². The van der Waals surface area contributed by atoms with Crippen LogP contribution in [0.1, 0.15) is 0 Å². The van der Waals surface area contributed by atoms with Gasteiger partial charge in [-0.1, -0.05) is 54.6 Å². The highest BCUT2D eigenvalue weighted by atomic mass is 35.5. The van der Waals surface area contributed by atoms with Crippen molar-refractivity contribution in [2.24, 2.45) is 0 Å². The molecule has 0 saturated carbocycles. The number of nitrogens with zero attached hydrogens (tertiary/aromatic N) is 4. The second-order valence-corrected chi connectivity index (χ2v) is 8.67. The van der Waals surface area contributed by atoms with E-state index in [9.17, 15) is 14.3 Å². The lowest BCUT2D eigenvalue weighted by Gasteiger charge is -2.35. The van der Waals surface area contributed by atoms with Gasteiger partial charge in [-0.2, -0.15) is 0 Å². The number of phenolic OH excluding ortho intramolecular Hbond substituents is 1. The topological polar surface area (TPSA) is 69.6 Å². The van der Waals surface area contributed by atoms with E-state index >= 15 is 0 Å². The first-order chi connectivity index (χ1) is 17.0. The van der Waals surface area contributed by atoms with Crippen LogP contribution in [0.5, 0.6) is 5.75 Å². The fourth-order valence-electron chi connectivity index (χ4n) is 4.44. The zero-order valence-corrected chi connectivity index (χ0v) is 19.5. The molecule has 0 atom stereocenters. The molecule has 3 aromatic carbocycles. The molecular weight excluding hydrogens is 467 g/mol. The molecule has 0 bridgehead atoms. The van der Waals surface area contributed by atoms with Crippen LogP contribution in [0, 0.1) is 5.82 Å². The molecule has 0 unspecified atom stereocenters. The minimum Gasteiger partial charge on any atom is -0.507 e. The van der Waals surface area contributed by atoms with Gasteiger partial charge in [0.2, 0.25) is 5.91 Å². The summed E-state index contributed by atoms with van der Waals surface area (Å²) >= 11 is 6.67. The van der Waals surface area contributed by atoms with E-state index in [4.69, 9.17) is 11.6 Å². The Morgan fingerprint density at radius 2 is 1.74 bits per heavy atom. The summed E-state index contributed by atoms with van der Waals surface area (Å²) in [5, 5.41) is 21.3. The second-order valence-electron chi connectivity index (χ2n) is 8.27. The molecule has 35 heavy (non-hydrogen) atoms. The minimum atomic E-state index is -0.572. The molecule has 0 spiro atoms. The average molecular weight is 489 g/mol. The Kier molecular flexibility index (Phi) is 6.09. The molecule has 0 radical (unpaired) electrons. The number of phenols is 1. The lowest BCUT2D eigenvalue weighted by Crippen LogP contribution is -2.48. The molecule has 1 amide bonds. The first kappa shape index (κ1) is 22.8. The summed E-state index contributed by atoms with van der Waals surface area (Å²) < 4.78 is 14.7. The van der Waals surface area contributed by atoms with Gasteiger partial charge in [-0.15, -0.1) is 10.2 Å². The van der Waals surface area contributed by atoms with Crippen LogP contribution in [0.2, 0.25) is 5.02 Å².